The van der Waals surface area contributed by atoms with Crippen molar-refractivity contribution in [2.45, 2.75) is 13.0 Å². The van der Waals surface area contributed by atoms with Crippen molar-refractivity contribution in [3.8, 4) is 5.75 Å². The third-order valence-electron chi connectivity index (χ3n) is 2.80. The molecule has 2 heterocycles. The van der Waals surface area contributed by atoms with E-state index in [0.29, 0.717) is 0 Å². The Morgan fingerprint density at radius 3 is 3.00 bits per heavy atom. The Kier molecular flexibility index (Phi) is 2.95. The van der Waals surface area contributed by atoms with Crippen molar-refractivity contribution in [1.29, 1.82) is 0 Å². The van der Waals surface area contributed by atoms with Crippen LogP contribution in [-0.2, 0) is 6.54 Å². The summed E-state index contributed by atoms with van der Waals surface area (Å²) in [7, 11) is 0. The Morgan fingerprint density at radius 1 is 1.25 bits per heavy atom. The average Bonchev–Trinajstić information content (AvgIpc) is 2.49. The van der Waals surface area contributed by atoms with Gasteiger partial charge in [0.1, 0.15) is 0 Å². The molecule has 1 aliphatic heterocycles. The summed E-state index contributed by atoms with van der Waals surface area (Å²) in [6.45, 7) is 1.86. The molecule has 2 aromatic rings. The number of ether oxygens (including phenoxy) is 1. The highest BCUT2D eigenvalue weighted by atomic mass is 127. The molecule has 1 aromatic heterocycles. The smallest absolute Gasteiger partial charge is 0.257 e. The lowest BCUT2D eigenvalue weighted by Crippen LogP contribution is -2.33. The average molecular weight is 438 g/mol. The van der Waals surface area contributed by atoms with Crippen molar-refractivity contribution in [2.24, 2.45) is 0 Å². The first kappa shape index (κ1) is 11.0. The van der Waals surface area contributed by atoms with E-state index in [1.54, 1.807) is 0 Å². The molecule has 2 nitrogen and oxygen atoms in total. The summed E-state index contributed by atoms with van der Waals surface area (Å²) in [5.41, 5.74) is 1.25. The molecule has 0 aliphatic carbocycles. The quantitative estimate of drug-likeness (QED) is 0.456. The van der Waals surface area contributed by atoms with Crippen LogP contribution in [0.5, 0.6) is 5.75 Å². The number of halogens is 2. The molecule has 3 rings (SSSR count). The van der Waals surface area contributed by atoms with E-state index in [0.717, 1.165) is 25.3 Å². The molecule has 82 valence electrons. The van der Waals surface area contributed by atoms with Crippen LogP contribution >= 0.6 is 45.2 Å². The van der Waals surface area contributed by atoms with Gasteiger partial charge in [-0.1, -0.05) is 0 Å². The highest BCUT2D eigenvalue weighted by Crippen LogP contribution is 2.33. The largest absolute Gasteiger partial charge is 0.486 e. The molecular formula is C12H10I2NO+. The maximum absolute atomic E-state index is 5.87. The normalized spacial score (nSPS) is 14.6. The van der Waals surface area contributed by atoms with Crippen LogP contribution < -0.4 is 9.30 Å². The van der Waals surface area contributed by atoms with Crippen LogP contribution in [0.2, 0.25) is 0 Å². The van der Waals surface area contributed by atoms with Gasteiger partial charge in [0.05, 0.1) is 15.6 Å². The Hall–Kier alpha value is -0.110. The van der Waals surface area contributed by atoms with Crippen molar-refractivity contribution in [3.63, 3.8) is 0 Å². The molecular weight excluding hydrogens is 428 g/mol. The fourth-order valence-electron chi connectivity index (χ4n) is 2.10. The number of hydrogen-bond donors (Lipinski definition) is 0. The van der Waals surface area contributed by atoms with E-state index >= 15 is 0 Å². The van der Waals surface area contributed by atoms with Crippen LogP contribution in [0.25, 0.3) is 10.9 Å². The lowest BCUT2D eigenvalue weighted by molar-refractivity contribution is -0.670. The molecule has 0 unspecified atom stereocenters. The molecule has 1 aromatic carbocycles. The summed E-state index contributed by atoms with van der Waals surface area (Å²) < 4.78 is 10.7. The first-order valence-electron chi connectivity index (χ1n) is 5.20. The molecule has 4 heteroatoms. The number of benzene rings is 1. The second-order valence-electron chi connectivity index (χ2n) is 3.84. The van der Waals surface area contributed by atoms with E-state index < -0.39 is 0 Å². The number of pyridine rings is 1. The number of nitrogens with zero attached hydrogens (tertiary/aromatic N) is 1. The summed E-state index contributed by atoms with van der Waals surface area (Å²) in [5, 5.41) is 1.29. The third-order valence-corrected chi connectivity index (χ3v) is 4.50. The van der Waals surface area contributed by atoms with E-state index in [9.17, 15) is 0 Å². The lowest BCUT2D eigenvalue weighted by Gasteiger charge is -2.07. The Labute approximate surface area is 121 Å². The van der Waals surface area contributed by atoms with Gasteiger partial charge in [-0.2, -0.15) is 4.57 Å². The van der Waals surface area contributed by atoms with Crippen LogP contribution in [0.4, 0.5) is 0 Å². The summed E-state index contributed by atoms with van der Waals surface area (Å²) in [5.74, 6) is 1.05. The molecule has 0 bridgehead atoms. The molecule has 16 heavy (non-hydrogen) atoms. The predicted octanol–water partition coefficient (Wildman–Crippen LogP) is 3.12. The number of rotatable bonds is 0. The predicted molar refractivity (Wildman–Crippen MR) is 79.7 cm³/mol. The SMILES string of the molecule is Ic1cc(I)c2ccc[n+]3c2c1OCCC3. The van der Waals surface area contributed by atoms with Gasteiger partial charge in [-0.3, -0.25) is 0 Å². The lowest BCUT2D eigenvalue weighted by atomic mass is 10.2. The topological polar surface area (TPSA) is 13.1 Å². The molecule has 0 spiro atoms. The molecule has 0 atom stereocenters. The minimum atomic E-state index is 0.813. The van der Waals surface area contributed by atoms with E-state index in [-0.39, 0.29) is 0 Å². The summed E-state index contributed by atoms with van der Waals surface area (Å²) in [4.78, 5) is 0. The number of hydrogen-bond acceptors (Lipinski definition) is 1. The highest BCUT2D eigenvalue weighted by molar-refractivity contribution is 14.1. The van der Waals surface area contributed by atoms with Gasteiger partial charge in [-0.15, -0.1) is 0 Å². The molecule has 1 aliphatic rings. The van der Waals surface area contributed by atoms with E-state index in [1.807, 2.05) is 0 Å². The monoisotopic (exact) mass is 438 g/mol. The standard InChI is InChI=1S/C12H10I2NO/c13-9-7-10(14)12-11-8(9)3-1-4-15(11)5-2-6-16-12/h1,3-4,7H,2,5-6H2/q+1. The van der Waals surface area contributed by atoms with Crippen molar-refractivity contribution >= 4 is 56.1 Å². The van der Waals surface area contributed by atoms with Crippen LogP contribution in [0.1, 0.15) is 6.42 Å². The van der Waals surface area contributed by atoms with Crippen molar-refractivity contribution in [2.75, 3.05) is 6.61 Å². The van der Waals surface area contributed by atoms with Crippen LogP contribution in [0.15, 0.2) is 24.4 Å². The second kappa shape index (κ2) is 4.29. The van der Waals surface area contributed by atoms with Gasteiger partial charge in [0.15, 0.2) is 12.7 Å². The zero-order valence-corrected chi connectivity index (χ0v) is 12.9. The van der Waals surface area contributed by atoms with E-state index in [4.69, 9.17) is 4.74 Å². The molecule has 0 fully saturated rings. The minimum absolute atomic E-state index is 0.813. The Morgan fingerprint density at radius 2 is 2.12 bits per heavy atom. The molecule has 0 radical (unpaired) electrons. The van der Waals surface area contributed by atoms with Crippen molar-refractivity contribution < 1.29 is 9.30 Å². The number of aromatic nitrogens is 1. The fraction of sp³-hybridized carbons (Fsp3) is 0.250. The van der Waals surface area contributed by atoms with Gasteiger partial charge < -0.3 is 4.74 Å². The first-order valence-corrected chi connectivity index (χ1v) is 7.36. The zero-order valence-electron chi connectivity index (χ0n) is 8.54. The summed E-state index contributed by atoms with van der Waals surface area (Å²) in [6, 6.07) is 6.47. The van der Waals surface area contributed by atoms with Gasteiger partial charge in [-0.25, -0.2) is 0 Å². The van der Waals surface area contributed by atoms with E-state index in [2.05, 4.69) is 74.1 Å². The van der Waals surface area contributed by atoms with Gasteiger partial charge >= 0.3 is 0 Å². The Bertz CT molecular complexity index is 568. The van der Waals surface area contributed by atoms with Crippen molar-refractivity contribution in [3.05, 3.63) is 31.5 Å². The van der Waals surface area contributed by atoms with Crippen LogP contribution in [0, 0.1) is 7.14 Å². The van der Waals surface area contributed by atoms with Gasteiger partial charge in [0.2, 0.25) is 5.75 Å². The molecule has 0 saturated heterocycles. The fourth-order valence-corrected chi connectivity index (χ4v) is 4.16. The molecule has 0 amide bonds. The second-order valence-corrected chi connectivity index (χ2v) is 6.16. The molecule has 0 N–H and O–H groups in total. The van der Waals surface area contributed by atoms with E-state index in [1.165, 1.54) is 18.0 Å². The van der Waals surface area contributed by atoms with Gasteiger partial charge in [-0.05, 0) is 57.3 Å². The number of aryl methyl sites for hydroxylation is 1. The molecule has 0 saturated carbocycles. The zero-order chi connectivity index (χ0) is 11.1. The van der Waals surface area contributed by atoms with Crippen molar-refractivity contribution in [1.82, 2.24) is 0 Å². The Balaban J connectivity index is 2.48. The first-order chi connectivity index (χ1) is 7.77. The summed E-state index contributed by atoms with van der Waals surface area (Å²) in [6.07, 6.45) is 3.22. The maximum atomic E-state index is 5.87. The maximum Gasteiger partial charge on any atom is 0.257 e. The van der Waals surface area contributed by atoms with Crippen LogP contribution in [-0.4, -0.2) is 6.61 Å². The third kappa shape index (κ3) is 1.70. The van der Waals surface area contributed by atoms with Gasteiger partial charge in [0.25, 0.3) is 5.52 Å². The van der Waals surface area contributed by atoms with Gasteiger partial charge in [0, 0.05) is 16.1 Å². The highest BCUT2D eigenvalue weighted by Gasteiger charge is 2.22. The summed E-state index contributed by atoms with van der Waals surface area (Å²) >= 11 is 4.76. The minimum Gasteiger partial charge on any atom is -0.486 e. The van der Waals surface area contributed by atoms with Crippen LogP contribution in [0.3, 0.4) is 0 Å².